The third-order valence-corrected chi connectivity index (χ3v) is 7.22. The molecule has 0 saturated heterocycles. The van der Waals surface area contributed by atoms with Gasteiger partial charge < -0.3 is 36.0 Å². The fraction of sp³-hybridized carbons (Fsp3) is 0.360. The molecule has 36 heavy (non-hydrogen) atoms. The van der Waals surface area contributed by atoms with Gasteiger partial charge in [0, 0.05) is 35.5 Å². The maximum atomic E-state index is 13.6. The van der Waals surface area contributed by atoms with Crippen LogP contribution in [0.3, 0.4) is 0 Å². The predicted octanol–water partition coefficient (Wildman–Crippen LogP) is 0.689. The first-order valence-electron chi connectivity index (χ1n) is 11.2. The van der Waals surface area contributed by atoms with E-state index >= 15 is 0 Å². The average molecular weight is 499 g/mol. The molecule has 1 amide bonds. The first kappa shape index (κ1) is 25.1. The first-order chi connectivity index (χ1) is 16.9. The number of fused-ring (bicyclic) bond motifs is 3. The Labute approximate surface area is 204 Å². The average Bonchev–Trinajstić information content (AvgIpc) is 2.81. The number of phenolic OH excluding ortho intramolecular Hbond substituents is 1. The van der Waals surface area contributed by atoms with Gasteiger partial charge >= 0.3 is 5.97 Å². The minimum atomic E-state index is -2.90. The molecule has 0 radical (unpaired) electrons. The Balaban J connectivity index is 1.89. The topological polar surface area (TPSA) is 205 Å². The van der Waals surface area contributed by atoms with Crippen molar-refractivity contribution in [2.75, 3.05) is 6.61 Å². The summed E-state index contributed by atoms with van der Waals surface area (Å²) in [5.41, 5.74) is 1.02. The highest BCUT2D eigenvalue weighted by Crippen LogP contribution is 2.55. The van der Waals surface area contributed by atoms with Crippen LogP contribution < -0.4 is 5.73 Å². The number of Topliss-reactive ketones (excluding diaryl/α,β-unsaturated/α-hetero) is 2. The molecule has 11 heteroatoms. The SMILES string of the molecule is CCOC(=O)/C=C/c1ccc2c(c1O)C(=O)C1=C(O)[C@]3(O)C(=O)C(C(N)=O)=C(O)C[C@@H]3[C@@H](O)[C@@H]1[C@H]2C. The van der Waals surface area contributed by atoms with Gasteiger partial charge in [-0.25, -0.2) is 4.79 Å². The van der Waals surface area contributed by atoms with Gasteiger partial charge in [-0.2, -0.15) is 0 Å². The number of hydrogen-bond donors (Lipinski definition) is 6. The molecule has 0 unspecified atom stereocenters. The van der Waals surface area contributed by atoms with Crippen molar-refractivity contribution in [1.29, 1.82) is 0 Å². The molecule has 1 aromatic carbocycles. The zero-order valence-corrected chi connectivity index (χ0v) is 19.4. The van der Waals surface area contributed by atoms with Crippen LogP contribution >= 0.6 is 0 Å². The second kappa shape index (κ2) is 8.61. The summed E-state index contributed by atoms with van der Waals surface area (Å²) in [5.74, 6) is -10.00. The van der Waals surface area contributed by atoms with Gasteiger partial charge in [-0.3, -0.25) is 14.4 Å². The Morgan fingerprint density at radius 2 is 1.89 bits per heavy atom. The van der Waals surface area contributed by atoms with Crippen LogP contribution in [0.15, 0.2) is 40.9 Å². The Kier molecular flexibility index (Phi) is 6.01. The van der Waals surface area contributed by atoms with E-state index in [9.17, 15) is 44.7 Å². The Morgan fingerprint density at radius 1 is 1.22 bits per heavy atom. The Morgan fingerprint density at radius 3 is 2.50 bits per heavy atom. The smallest absolute Gasteiger partial charge is 0.330 e. The third kappa shape index (κ3) is 3.34. The summed E-state index contributed by atoms with van der Waals surface area (Å²) < 4.78 is 4.80. The van der Waals surface area contributed by atoms with Gasteiger partial charge in [0.2, 0.25) is 5.78 Å². The zero-order valence-electron chi connectivity index (χ0n) is 19.4. The van der Waals surface area contributed by atoms with Gasteiger partial charge in [0.05, 0.1) is 18.3 Å². The quantitative estimate of drug-likeness (QED) is 0.194. The van der Waals surface area contributed by atoms with E-state index in [2.05, 4.69) is 0 Å². The fourth-order valence-electron chi connectivity index (χ4n) is 5.49. The standard InChI is InChI=1S/C25H25NO10/c1-3-36-14(28)7-5-10-4-6-11-9(2)15-18(21(31)16(11)19(10)29)23(33)25(35)12(20(15)30)8-13(27)17(22(25)32)24(26)34/h4-7,9,12,15,20,27,29-30,33,35H,3,8H2,1-2H3,(H2,26,34)/b7-5+/t9-,12+,15+,20+,25+/m0/s1. The first-order valence-corrected chi connectivity index (χ1v) is 11.2. The van der Waals surface area contributed by atoms with Crippen molar-refractivity contribution in [3.05, 3.63) is 57.6 Å². The van der Waals surface area contributed by atoms with E-state index in [1.807, 2.05) is 0 Å². The number of carbonyl (C=O) groups is 4. The van der Waals surface area contributed by atoms with E-state index in [0.717, 1.165) is 6.08 Å². The molecule has 0 heterocycles. The van der Waals surface area contributed by atoms with Gasteiger partial charge in [-0.1, -0.05) is 19.1 Å². The number of esters is 1. The second-order valence-corrected chi connectivity index (χ2v) is 9.04. The molecule has 7 N–H and O–H groups in total. The molecular weight excluding hydrogens is 474 g/mol. The van der Waals surface area contributed by atoms with Crippen molar-refractivity contribution < 1.29 is 49.4 Å². The summed E-state index contributed by atoms with van der Waals surface area (Å²) in [5, 5.41) is 54.7. The minimum absolute atomic E-state index is 0.0893. The second-order valence-electron chi connectivity index (χ2n) is 9.04. The normalized spacial score (nSPS) is 29.7. The number of phenols is 1. The lowest BCUT2D eigenvalue weighted by atomic mass is 9.56. The number of aliphatic hydroxyl groups excluding tert-OH is 3. The van der Waals surface area contributed by atoms with E-state index in [4.69, 9.17) is 10.5 Å². The van der Waals surface area contributed by atoms with E-state index in [-0.39, 0.29) is 17.7 Å². The van der Waals surface area contributed by atoms with Crippen LogP contribution in [-0.2, 0) is 19.1 Å². The number of carbonyl (C=O) groups excluding carboxylic acids is 4. The van der Waals surface area contributed by atoms with Crippen molar-refractivity contribution in [2.24, 2.45) is 17.6 Å². The lowest BCUT2D eigenvalue weighted by molar-refractivity contribution is -0.154. The molecule has 0 bridgehead atoms. The molecule has 1 aromatic rings. The number of aromatic hydroxyl groups is 1. The number of ether oxygens (including phenoxy) is 1. The lowest BCUT2D eigenvalue weighted by Crippen LogP contribution is -2.62. The molecule has 11 nitrogen and oxygen atoms in total. The van der Waals surface area contributed by atoms with Gasteiger partial charge in [-0.05, 0) is 24.5 Å². The highest BCUT2D eigenvalue weighted by Gasteiger charge is 2.64. The van der Waals surface area contributed by atoms with Gasteiger partial charge in [0.15, 0.2) is 11.4 Å². The lowest BCUT2D eigenvalue weighted by Gasteiger charge is -2.50. The van der Waals surface area contributed by atoms with E-state index < -0.39 is 87.7 Å². The number of aliphatic hydroxyl groups is 4. The number of hydrogen-bond acceptors (Lipinski definition) is 10. The van der Waals surface area contributed by atoms with Gasteiger partial charge in [0.25, 0.3) is 5.91 Å². The van der Waals surface area contributed by atoms with Crippen LogP contribution in [0, 0.1) is 11.8 Å². The number of nitrogens with two attached hydrogens (primary N) is 1. The Bertz CT molecular complexity index is 1310. The van der Waals surface area contributed by atoms with Gasteiger partial charge in [-0.15, -0.1) is 0 Å². The van der Waals surface area contributed by atoms with E-state index in [1.165, 1.54) is 18.2 Å². The van der Waals surface area contributed by atoms with Crippen LogP contribution in [-0.4, -0.2) is 67.3 Å². The van der Waals surface area contributed by atoms with E-state index in [0.29, 0.717) is 5.56 Å². The summed E-state index contributed by atoms with van der Waals surface area (Å²) in [6.07, 6.45) is 0.150. The monoisotopic (exact) mass is 499 g/mol. The molecular formula is C25H25NO10. The largest absolute Gasteiger partial charge is 0.511 e. The predicted molar refractivity (Wildman–Crippen MR) is 123 cm³/mol. The summed E-state index contributed by atoms with van der Waals surface area (Å²) >= 11 is 0. The van der Waals surface area contributed by atoms with E-state index in [1.54, 1.807) is 13.8 Å². The molecule has 4 rings (SSSR count). The minimum Gasteiger partial charge on any atom is -0.511 e. The van der Waals surface area contributed by atoms with Crippen LogP contribution in [0.4, 0.5) is 0 Å². The van der Waals surface area contributed by atoms with Crippen LogP contribution in [0.2, 0.25) is 0 Å². The fourth-order valence-corrected chi connectivity index (χ4v) is 5.49. The molecule has 0 fully saturated rings. The maximum absolute atomic E-state index is 13.6. The highest BCUT2D eigenvalue weighted by molar-refractivity contribution is 6.24. The molecule has 3 aliphatic carbocycles. The molecule has 190 valence electrons. The van der Waals surface area contributed by atoms with Gasteiger partial charge in [0.1, 0.15) is 22.8 Å². The molecule has 5 atom stereocenters. The van der Waals surface area contributed by atoms with Crippen LogP contribution in [0.25, 0.3) is 6.08 Å². The summed E-state index contributed by atoms with van der Waals surface area (Å²) in [7, 11) is 0. The summed E-state index contributed by atoms with van der Waals surface area (Å²) in [6.45, 7) is 3.38. The highest BCUT2D eigenvalue weighted by atomic mass is 16.5. The molecule has 3 aliphatic rings. The van der Waals surface area contributed by atoms with Crippen molar-refractivity contribution >= 4 is 29.5 Å². The van der Waals surface area contributed by atoms with Crippen molar-refractivity contribution in [3.63, 3.8) is 0 Å². The Hall–Kier alpha value is -3.96. The third-order valence-electron chi connectivity index (χ3n) is 7.22. The van der Waals surface area contributed by atoms with Crippen molar-refractivity contribution in [3.8, 4) is 5.75 Å². The molecule has 0 aliphatic heterocycles. The number of primary amides is 1. The summed E-state index contributed by atoms with van der Waals surface area (Å²) in [6, 6.07) is 2.99. The number of allylic oxidation sites excluding steroid dienone is 1. The molecule has 0 saturated carbocycles. The van der Waals surface area contributed by atoms with Crippen LogP contribution in [0.1, 0.15) is 47.7 Å². The van der Waals surface area contributed by atoms with Crippen molar-refractivity contribution in [1.82, 2.24) is 0 Å². The maximum Gasteiger partial charge on any atom is 0.330 e. The number of benzene rings is 1. The van der Waals surface area contributed by atoms with Crippen molar-refractivity contribution in [2.45, 2.75) is 37.9 Å². The zero-order chi connectivity index (χ0) is 26.7. The summed E-state index contributed by atoms with van der Waals surface area (Å²) in [4.78, 5) is 50.0. The van der Waals surface area contributed by atoms with Crippen LogP contribution in [0.5, 0.6) is 5.75 Å². The number of rotatable bonds is 4. The molecule has 0 aromatic heterocycles. The number of ketones is 2. The number of amides is 1. The molecule has 0 spiro atoms.